The minimum atomic E-state index is -0.273. The summed E-state index contributed by atoms with van der Waals surface area (Å²) in [6, 6.07) is 4.76. The minimum Gasteiger partial charge on any atom is -0.508 e. The molecule has 18 heavy (non-hydrogen) atoms. The summed E-state index contributed by atoms with van der Waals surface area (Å²) >= 11 is 0. The minimum absolute atomic E-state index is 0.00566. The van der Waals surface area contributed by atoms with Gasteiger partial charge in [-0.2, -0.15) is 0 Å². The van der Waals surface area contributed by atoms with Gasteiger partial charge >= 0.3 is 0 Å². The predicted molar refractivity (Wildman–Crippen MR) is 68.0 cm³/mol. The lowest BCUT2D eigenvalue weighted by Gasteiger charge is -2.35. The number of phenols is 1. The summed E-state index contributed by atoms with van der Waals surface area (Å²) in [6.07, 6.45) is 2.38. The van der Waals surface area contributed by atoms with E-state index >= 15 is 0 Å². The van der Waals surface area contributed by atoms with E-state index in [-0.39, 0.29) is 17.6 Å². The second-order valence-electron chi connectivity index (χ2n) is 5.27. The van der Waals surface area contributed by atoms with Crippen molar-refractivity contribution >= 4 is 0 Å². The van der Waals surface area contributed by atoms with Crippen molar-refractivity contribution in [3.05, 3.63) is 29.6 Å². The first-order chi connectivity index (χ1) is 8.75. The van der Waals surface area contributed by atoms with Crippen LogP contribution in [0.25, 0.3) is 0 Å². The summed E-state index contributed by atoms with van der Waals surface area (Å²) in [7, 11) is 0. The largest absolute Gasteiger partial charge is 0.508 e. The van der Waals surface area contributed by atoms with Crippen LogP contribution in [-0.2, 0) is 0 Å². The monoisotopic (exact) mass is 250 g/mol. The fraction of sp³-hybridized carbons (Fsp3) is 0.571. The second-order valence-corrected chi connectivity index (χ2v) is 5.27. The van der Waals surface area contributed by atoms with Gasteiger partial charge in [-0.15, -0.1) is 0 Å². The Bertz CT molecular complexity index is 428. The van der Waals surface area contributed by atoms with Crippen LogP contribution in [0.5, 0.6) is 5.75 Å². The third-order valence-corrected chi connectivity index (χ3v) is 3.92. The van der Waals surface area contributed by atoms with Crippen LogP contribution >= 0.6 is 0 Å². The molecule has 2 aliphatic rings. The smallest absolute Gasteiger partial charge is 0.131 e. The van der Waals surface area contributed by atoms with Crippen LogP contribution in [0, 0.1) is 11.7 Å². The van der Waals surface area contributed by atoms with Crippen molar-refractivity contribution in [2.75, 3.05) is 26.2 Å². The average Bonchev–Trinajstić information content (AvgIpc) is 3.18. The Morgan fingerprint density at radius 3 is 2.61 bits per heavy atom. The average molecular weight is 250 g/mol. The number of piperazine rings is 1. The molecule has 0 bridgehead atoms. The first-order valence-electron chi connectivity index (χ1n) is 6.69. The topological polar surface area (TPSA) is 35.5 Å². The molecule has 0 unspecified atom stereocenters. The highest BCUT2D eigenvalue weighted by atomic mass is 19.1. The molecule has 1 aliphatic carbocycles. The van der Waals surface area contributed by atoms with Crippen LogP contribution in [-0.4, -0.2) is 36.2 Å². The van der Waals surface area contributed by atoms with Crippen LogP contribution in [0.1, 0.15) is 24.4 Å². The van der Waals surface area contributed by atoms with E-state index in [9.17, 15) is 9.50 Å². The number of aromatic hydroxyl groups is 1. The number of rotatable bonds is 3. The van der Waals surface area contributed by atoms with E-state index in [0.717, 1.165) is 31.7 Å². The fourth-order valence-electron chi connectivity index (χ4n) is 2.88. The Morgan fingerprint density at radius 2 is 2.00 bits per heavy atom. The molecule has 1 aliphatic heterocycles. The Morgan fingerprint density at radius 1 is 1.28 bits per heavy atom. The Labute approximate surface area is 107 Å². The Kier molecular flexibility index (Phi) is 3.22. The van der Waals surface area contributed by atoms with Crippen LogP contribution in [0.15, 0.2) is 18.2 Å². The molecule has 1 saturated heterocycles. The summed E-state index contributed by atoms with van der Waals surface area (Å²) in [4.78, 5) is 2.38. The number of benzene rings is 1. The standard InChI is InChI=1S/C14H19FN2O/c15-13-9-11(18)3-4-12(13)14(10-1-2-10)17-7-5-16-6-8-17/h3-4,9-10,14,16,18H,1-2,5-8H2/t14-/m1/s1. The first kappa shape index (κ1) is 11.9. The van der Waals surface area contributed by atoms with Crippen LogP contribution in [0.2, 0.25) is 0 Å². The van der Waals surface area contributed by atoms with Crippen molar-refractivity contribution in [1.82, 2.24) is 10.2 Å². The zero-order valence-corrected chi connectivity index (χ0v) is 10.4. The van der Waals surface area contributed by atoms with E-state index in [1.807, 2.05) is 0 Å². The first-order valence-corrected chi connectivity index (χ1v) is 6.69. The van der Waals surface area contributed by atoms with Gasteiger partial charge in [0, 0.05) is 43.9 Å². The van der Waals surface area contributed by atoms with Gasteiger partial charge < -0.3 is 10.4 Å². The number of phenolic OH excluding ortho intramolecular Hbond substituents is 1. The van der Waals surface area contributed by atoms with Gasteiger partial charge in [0.2, 0.25) is 0 Å². The molecule has 1 atom stereocenters. The number of halogens is 1. The van der Waals surface area contributed by atoms with Crippen molar-refractivity contribution in [1.29, 1.82) is 0 Å². The highest BCUT2D eigenvalue weighted by Gasteiger charge is 2.38. The molecule has 2 fully saturated rings. The molecule has 0 amide bonds. The molecular weight excluding hydrogens is 231 g/mol. The lowest BCUT2D eigenvalue weighted by Crippen LogP contribution is -2.45. The van der Waals surface area contributed by atoms with Gasteiger partial charge in [0.05, 0.1) is 0 Å². The van der Waals surface area contributed by atoms with Gasteiger partial charge in [-0.3, -0.25) is 4.90 Å². The molecular formula is C14H19FN2O. The SMILES string of the molecule is Oc1ccc([C@@H](C2CC2)N2CCNCC2)c(F)c1. The molecule has 1 heterocycles. The van der Waals surface area contributed by atoms with E-state index in [2.05, 4.69) is 10.2 Å². The molecule has 0 radical (unpaired) electrons. The highest BCUT2D eigenvalue weighted by Crippen LogP contribution is 2.45. The molecule has 3 nitrogen and oxygen atoms in total. The van der Waals surface area contributed by atoms with Gasteiger partial charge in [0.15, 0.2) is 0 Å². The molecule has 1 aromatic rings. The predicted octanol–water partition coefficient (Wildman–Crippen LogP) is 1.89. The molecule has 3 rings (SSSR count). The summed E-state index contributed by atoms with van der Waals surface area (Å²) in [5.74, 6) is 0.318. The Hall–Kier alpha value is -1.13. The molecule has 1 aromatic carbocycles. The van der Waals surface area contributed by atoms with Crippen molar-refractivity contribution < 1.29 is 9.50 Å². The zero-order chi connectivity index (χ0) is 12.5. The van der Waals surface area contributed by atoms with E-state index in [1.54, 1.807) is 12.1 Å². The van der Waals surface area contributed by atoms with Gasteiger partial charge in [0.1, 0.15) is 11.6 Å². The summed E-state index contributed by atoms with van der Waals surface area (Å²) in [5.41, 5.74) is 0.747. The number of hydrogen-bond acceptors (Lipinski definition) is 3. The maximum Gasteiger partial charge on any atom is 0.131 e. The van der Waals surface area contributed by atoms with E-state index < -0.39 is 0 Å². The van der Waals surface area contributed by atoms with Crippen LogP contribution in [0.3, 0.4) is 0 Å². The maximum atomic E-state index is 14.0. The quantitative estimate of drug-likeness (QED) is 0.860. The van der Waals surface area contributed by atoms with Gasteiger partial charge in [-0.25, -0.2) is 4.39 Å². The van der Waals surface area contributed by atoms with Crippen molar-refractivity contribution in [2.24, 2.45) is 5.92 Å². The lowest BCUT2D eigenvalue weighted by atomic mass is 9.99. The highest BCUT2D eigenvalue weighted by molar-refractivity contribution is 5.31. The van der Waals surface area contributed by atoms with Gasteiger partial charge in [0.25, 0.3) is 0 Å². The van der Waals surface area contributed by atoms with Crippen LogP contribution < -0.4 is 5.32 Å². The van der Waals surface area contributed by atoms with E-state index in [0.29, 0.717) is 5.92 Å². The molecule has 98 valence electrons. The molecule has 2 N–H and O–H groups in total. The third kappa shape index (κ3) is 2.35. The molecule has 0 spiro atoms. The van der Waals surface area contributed by atoms with Crippen molar-refractivity contribution in [3.63, 3.8) is 0 Å². The van der Waals surface area contributed by atoms with Crippen LogP contribution in [0.4, 0.5) is 4.39 Å². The normalized spacial score (nSPS) is 22.9. The lowest BCUT2D eigenvalue weighted by molar-refractivity contribution is 0.153. The van der Waals surface area contributed by atoms with E-state index in [4.69, 9.17) is 0 Å². The van der Waals surface area contributed by atoms with Gasteiger partial charge in [-0.05, 0) is 24.8 Å². The maximum absolute atomic E-state index is 14.0. The summed E-state index contributed by atoms with van der Waals surface area (Å²) in [5, 5.41) is 12.6. The number of hydrogen-bond donors (Lipinski definition) is 2. The zero-order valence-electron chi connectivity index (χ0n) is 10.4. The molecule has 4 heteroatoms. The Balaban J connectivity index is 1.88. The fourth-order valence-corrected chi connectivity index (χ4v) is 2.88. The molecule has 1 saturated carbocycles. The number of nitrogens with one attached hydrogen (secondary N) is 1. The summed E-state index contributed by atoms with van der Waals surface area (Å²) in [6.45, 7) is 3.90. The van der Waals surface area contributed by atoms with Crippen molar-refractivity contribution in [2.45, 2.75) is 18.9 Å². The second kappa shape index (κ2) is 4.86. The van der Waals surface area contributed by atoms with Crippen molar-refractivity contribution in [3.8, 4) is 5.75 Å². The summed E-state index contributed by atoms with van der Waals surface area (Å²) < 4.78 is 14.0. The third-order valence-electron chi connectivity index (χ3n) is 3.92. The molecule has 0 aromatic heterocycles. The van der Waals surface area contributed by atoms with Gasteiger partial charge in [-0.1, -0.05) is 6.07 Å². The van der Waals surface area contributed by atoms with E-state index in [1.165, 1.54) is 18.9 Å². The number of nitrogens with zero attached hydrogens (tertiary/aromatic N) is 1.